The topological polar surface area (TPSA) is 118 Å². The lowest BCUT2D eigenvalue weighted by molar-refractivity contribution is -0.118. The van der Waals surface area contributed by atoms with Gasteiger partial charge >= 0.3 is 0 Å². The molecule has 42 heavy (non-hydrogen) atoms. The van der Waals surface area contributed by atoms with Gasteiger partial charge in [-0.15, -0.1) is 0 Å². The zero-order chi connectivity index (χ0) is 30.7. The molecule has 2 aromatic carbocycles. The average Bonchev–Trinajstić information content (AvgIpc) is 2.90. The highest BCUT2D eigenvalue weighted by molar-refractivity contribution is 6.26. The Bertz CT molecular complexity index is 1400. The second-order valence-electron chi connectivity index (χ2n) is 12.5. The number of aliphatic hydroxyl groups is 2. The molecule has 0 radical (unpaired) electrons. The van der Waals surface area contributed by atoms with Crippen LogP contribution in [-0.2, 0) is 9.59 Å². The highest BCUT2D eigenvalue weighted by atomic mass is 16.5. The second kappa shape index (κ2) is 12.3. The van der Waals surface area contributed by atoms with Crippen molar-refractivity contribution >= 4 is 34.4 Å². The molecule has 2 aromatic rings. The predicted octanol–water partition coefficient (Wildman–Crippen LogP) is 7.73. The molecule has 0 bridgehead atoms. The maximum atomic E-state index is 13.3. The highest BCUT2D eigenvalue weighted by Crippen LogP contribution is 2.39. The molecule has 2 aliphatic rings. The van der Waals surface area contributed by atoms with Crippen molar-refractivity contribution in [1.29, 1.82) is 0 Å². The van der Waals surface area contributed by atoms with Crippen molar-refractivity contribution in [1.82, 2.24) is 0 Å². The summed E-state index contributed by atoms with van der Waals surface area (Å²) in [7, 11) is 3.14. The largest absolute Gasteiger partial charge is 0.511 e. The van der Waals surface area contributed by atoms with Crippen LogP contribution >= 0.6 is 0 Å². The molecule has 0 aromatic heterocycles. The summed E-state index contributed by atoms with van der Waals surface area (Å²) in [6.07, 6.45) is 1.46. The lowest BCUT2D eigenvalue weighted by Crippen LogP contribution is -2.33. The third-order valence-corrected chi connectivity index (χ3v) is 7.52. The van der Waals surface area contributed by atoms with E-state index in [2.05, 4.69) is 0 Å². The van der Waals surface area contributed by atoms with E-state index in [1.807, 2.05) is 64.1 Å². The van der Waals surface area contributed by atoms with E-state index >= 15 is 0 Å². The standard InChI is InChI=1S/C34H40N2O6/c1-33(2)17-25(35-21-9-7-11-23(15-21)41-5)31(29(39)19-33)27(37)13-14-28(38)32-26(18-34(3,4)20-30(32)40)36-22-10-8-12-24(16-22)42-6/h7-12,15-16,37-38H,13-14,17-20H2,1-6H3. The van der Waals surface area contributed by atoms with Crippen LogP contribution in [0.1, 0.15) is 66.2 Å². The molecular weight excluding hydrogens is 532 g/mol. The number of Topliss-reactive ketones (excluding diaryl/α,β-unsaturated/α-hetero) is 2. The molecule has 0 heterocycles. The number of rotatable bonds is 7. The van der Waals surface area contributed by atoms with Crippen LogP contribution < -0.4 is 9.47 Å². The van der Waals surface area contributed by atoms with Gasteiger partial charge in [0.15, 0.2) is 11.6 Å². The fraction of sp³-hybridized carbons (Fsp3) is 0.412. The molecular formula is C34H40N2O6. The van der Waals surface area contributed by atoms with Crippen LogP contribution in [0.4, 0.5) is 11.4 Å². The fourth-order valence-corrected chi connectivity index (χ4v) is 5.58. The minimum atomic E-state index is -0.324. The van der Waals surface area contributed by atoms with Crippen molar-refractivity contribution in [3.63, 3.8) is 0 Å². The molecule has 2 fully saturated rings. The van der Waals surface area contributed by atoms with Crippen LogP contribution in [0.25, 0.3) is 0 Å². The van der Waals surface area contributed by atoms with Crippen LogP contribution in [0.2, 0.25) is 0 Å². The summed E-state index contributed by atoms with van der Waals surface area (Å²) in [5.41, 5.74) is 1.91. The predicted molar refractivity (Wildman–Crippen MR) is 165 cm³/mol. The lowest BCUT2D eigenvalue weighted by Gasteiger charge is -2.32. The Balaban J connectivity index is 1.69. The van der Waals surface area contributed by atoms with E-state index in [-0.39, 0.29) is 70.7 Å². The van der Waals surface area contributed by atoms with Crippen molar-refractivity contribution in [2.75, 3.05) is 14.2 Å². The molecule has 222 valence electrons. The van der Waals surface area contributed by atoms with Crippen LogP contribution in [0.3, 0.4) is 0 Å². The van der Waals surface area contributed by atoms with Gasteiger partial charge in [-0.1, -0.05) is 39.8 Å². The number of carbonyl (C=O) groups excluding carboxylic acids is 2. The molecule has 8 nitrogen and oxygen atoms in total. The molecule has 2 saturated carbocycles. The van der Waals surface area contributed by atoms with Gasteiger partial charge in [0.1, 0.15) is 23.0 Å². The number of ketones is 2. The molecule has 0 spiro atoms. The van der Waals surface area contributed by atoms with E-state index in [9.17, 15) is 19.8 Å². The minimum absolute atomic E-state index is 0.0307. The Kier molecular flexibility index (Phi) is 9.04. The molecule has 2 aliphatic carbocycles. The first kappa shape index (κ1) is 30.8. The maximum Gasteiger partial charge on any atom is 0.168 e. The number of aliphatic hydroxyl groups excluding tert-OH is 2. The average molecular weight is 573 g/mol. The molecule has 4 rings (SSSR count). The van der Waals surface area contributed by atoms with Crippen LogP contribution in [0, 0.1) is 10.8 Å². The Morgan fingerprint density at radius 3 is 1.43 bits per heavy atom. The zero-order valence-corrected chi connectivity index (χ0v) is 25.3. The van der Waals surface area contributed by atoms with E-state index in [1.165, 1.54) is 0 Å². The summed E-state index contributed by atoms with van der Waals surface area (Å²) < 4.78 is 10.6. The van der Waals surface area contributed by atoms with Gasteiger partial charge in [-0.2, -0.15) is 0 Å². The maximum absolute atomic E-state index is 13.3. The Morgan fingerprint density at radius 2 is 1.07 bits per heavy atom. The number of methoxy groups -OCH3 is 2. The van der Waals surface area contributed by atoms with E-state index in [0.717, 1.165) is 0 Å². The number of allylic oxidation sites excluding steroid dienone is 4. The van der Waals surface area contributed by atoms with Crippen molar-refractivity contribution in [2.45, 2.75) is 66.2 Å². The Hall–Kier alpha value is -4.20. The fourth-order valence-electron chi connectivity index (χ4n) is 5.58. The number of carbonyl (C=O) groups is 2. The summed E-state index contributed by atoms with van der Waals surface area (Å²) in [6, 6.07) is 14.4. The van der Waals surface area contributed by atoms with E-state index < -0.39 is 0 Å². The second-order valence-corrected chi connectivity index (χ2v) is 12.5. The summed E-state index contributed by atoms with van der Waals surface area (Å²) in [6.45, 7) is 7.98. The monoisotopic (exact) mass is 572 g/mol. The van der Waals surface area contributed by atoms with Gasteiger partial charge in [0.05, 0.1) is 48.2 Å². The molecule has 0 amide bonds. The number of hydrogen-bond acceptors (Lipinski definition) is 8. The molecule has 0 unspecified atom stereocenters. The van der Waals surface area contributed by atoms with Gasteiger partial charge < -0.3 is 19.7 Å². The number of ether oxygens (including phenoxy) is 2. The van der Waals surface area contributed by atoms with E-state index in [4.69, 9.17) is 19.5 Å². The van der Waals surface area contributed by atoms with Gasteiger partial charge in [0, 0.05) is 37.8 Å². The normalized spacial score (nSPS) is 22.7. The molecule has 0 atom stereocenters. The van der Waals surface area contributed by atoms with Crippen molar-refractivity contribution in [3.8, 4) is 11.5 Å². The van der Waals surface area contributed by atoms with Gasteiger partial charge in [-0.3, -0.25) is 19.6 Å². The Labute approximate surface area is 247 Å². The number of hydrogen-bond donors (Lipinski definition) is 2. The first-order valence-electron chi connectivity index (χ1n) is 14.2. The summed E-state index contributed by atoms with van der Waals surface area (Å²) in [5, 5.41) is 22.4. The van der Waals surface area contributed by atoms with Crippen LogP contribution in [0.5, 0.6) is 11.5 Å². The lowest BCUT2D eigenvalue weighted by atomic mass is 9.72. The van der Waals surface area contributed by atoms with E-state index in [1.54, 1.807) is 26.4 Å². The quantitative estimate of drug-likeness (QED) is 0.259. The van der Waals surface area contributed by atoms with Crippen molar-refractivity contribution in [2.24, 2.45) is 20.8 Å². The summed E-state index contributed by atoms with van der Waals surface area (Å²) in [4.78, 5) is 36.0. The molecule has 8 heteroatoms. The number of benzene rings is 2. The highest BCUT2D eigenvalue weighted by Gasteiger charge is 2.38. The number of nitrogens with zero attached hydrogens (tertiary/aromatic N) is 2. The number of aliphatic imine (C=N–C) groups is 2. The zero-order valence-electron chi connectivity index (χ0n) is 25.3. The van der Waals surface area contributed by atoms with Crippen LogP contribution in [0.15, 0.2) is 81.2 Å². The van der Waals surface area contributed by atoms with Crippen molar-refractivity contribution < 1.29 is 29.3 Å². The first-order chi connectivity index (χ1) is 19.8. The van der Waals surface area contributed by atoms with Gasteiger partial charge in [0.2, 0.25) is 0 Å². The summed E-state index contributed by atoms with van der Waals surface area (Å²) in [5.74, 6) is 0.563. The first-order valence-corrected chi connectivity index (χ1v) is 14.2. The Morgan fingerprint density at radius 1 is 0.690 bits per heavy atom. The molecule has 2 N–H and O–H groups in total. The third-order valence-electron chi connectivity index (χ3n) is 7.52. The van der Waals surface area contributed by atoms with Crippen molar-refractivity contribution in [3.05, 3.63) is 71.2 Å². The molecule has 0 saturated heterocycles. The van der Waals surface area contributed by atoms with Gasteiger partial charge in [-0.25, -0.2) is 0 Å². The SMILES string of the molecule is COc1cccc(N=C2CC(C)(C)CC(=O)C2=C(O)CCC(O)=C2C(=O)CC(C)(C)CC2=Nc2cccc(OC)c2)c1. The van der Waals surface area contributed by atoms with Gasteiger partial charge in [0.25, 0.3) is 0 Å². The minimum Gasteiger partial charge on any atom is -0.511 e. The van der Waals surface area contributed by atoms with Crippen LogP contribution in [-0.4, -0.2) is 47.4 Å². The smallest absolute Gasteiger partial charge is 0.168 e. The summed E-state index contributed by atoms with van der Waals surface area (Å²) >= 11 is 0. The van der Waals surface area contributed by atoms with E-state index in [0.29, 0.717) is 47.1 Å². The third kappa shape index (κ3) is 7.35. The van der Waals surface area contributed by atoms with Gasteiger partial charge in [-0.05, 0) is 47.9 Å². The molecule has 0 aliphatic heterocycles.